The van der Waals surface area contributed by atoms with Crippen LogP contribution in [0.2, 0.25) is 0 Å². The van der Waals surface area contributed by atoms with Crippen molar-refractivity contribution in [1.82, 2.24) is 14.5 Å². The van der Waals surface area contributed by atoms with Gasteiger partial charge < -0.3 is 5.32 Å². The van der Waals surface area contributed by atoms with E-state index in [0.29, 0.717) is 26.2 Å². The lowest BCUT2D eigenvalue weighted by atomic mass is 10.2. The predicted molar refractivity (Wildman–Crippen MR) is 89.5 cm³/mol. The summed E-state index contributed by atoms with van der Waals surface area (Å²) in [6.07, 6.45) is 0.870. The van der Waals surface area contributed by atoms with Crippen molar-refractivity contribution in [2.75, 3.05) is 32.7 Å². The van der Waals surface area contributed by atoms with E-state index in [2.05, 4.69) is 5.32 Å². The first-order valence-electron chi connectivity index (χ1n) is 8.10. The minimum Gasteiger partial charge on any atom is -0.353 e. The summed E-state index contributed by atoms with van der Waals surface area (Å²) in [5, 5.41) is 2.90. The van der Waals surface area contributed by atoms with Gasteiger partial charge in [0, 0.05) is 32.2 Å². The SMILES string of the molecule is CC[C@H](C)NC(=O)CN1CCN(S(=O)(=O)c2ccc(F)cc2)CC1. The average molecular weight is 357 g/mol. The van der Waals surface area contributed by atoms with Crippen LogP contribution in [0.25, 0.3) is 0 Å². The Morgan fingerprint density at radius 1 is 1.21 bits per heavy atom. The summed E-state index contributed by atoms with van der Waals surface area (Å²) in [6.45, 7) is 5.85. The Morgan fingerprint density at radius 3 is 2.33 bits per heavy atom. The van der Waals surface area contributed by atoms with Crippen LogP contribution in [0.15, 0.2) is 29.2 Å². The van der Waals surface area contributed by atoms with Crippen molar-refractivity contribution in [3.63, 3.8) is 0 Å². The molecule has 1 amide bonds. The smallest absolute Gasteiger partial charge is 0.243 e. The summed E-state index contributed by atoms with van der Waals surface area (Å²) in [5.74, 6) is -0.509. The molecule has 0 saturated carbocycles. The van der Waals surface area contributed by atoms with Gasteiger partial charge in [0.25, 0.3) is 0 Å². The van der Waals surface area contributed by atoms with E-state index in [-0.39, 0.29) is 23.4 Å². The van der Waals surface area contributed by atoms with E-state index in [4.69, 9.17) is 0 Å². The molecule has 1 heterocycles. The van der Waals surface area contributed by atoms with Crippen molar-refractivity contribution in [3.8, 4) is 0 Å². The van der Waals surface area contributed by atoms with Crippen molar-refractivity contribution in [1.29, 1.82) is 0 Å². The molecule has 0 radical (unpaired) electrons. The number of nitrogens with one attached hydrogen (secondary N) is 1. The van der Waals surface area contributed by atoms with Gasteiger partial charge in [-0.3, -0.25) is 9.69 Å². The maximum atomic E-state index is 13.0. The fraction of sp³-hybridized carbons (Fsp3) is 0.562. The van der Waals surface area contributed by atoms with Crippen LogP contribution in [0, 0.1) is 5.82 Å². The van der Waals surface area contributed by atoms with Crippen LogP contribution in [0.1, 0.15) is 20.3 Å². The highest BCUT2D eigenvalue weighted by atomic mass is 32.2. The van der Waals surface area contributed by atoms with Gasteiger partial charge >= 0.3 is 0 Å². The summed E-state index contributed by atoms with van der Waals surface area (Å²) >= 11 is 0. The molecule has 8 heteroatoms. The molecule has 134 valence electrons. The van der Waals surface area contributed by atoms with E-state index in [0.717, 1.165) is 18.6 Å². The lowest BCUT2D eigenvalue weighted by Gasteiger charge is -2.33. The molecule has 1 fully saturated rings. The zero-order valence-corrected chi connectivity index (χ0v) is 14.9. The van der Waals surface area contributed by atoms with E-state index >= 15 is 0 Å². The third-order valence-electron chi connectivity index (χ3n) is 4.17. The molecular formula is C16H24FN3O3S. The van der Waals surface area contributed by atoms with Gasteiger partial charge in [-0.15, -0.1) is 0 Å². The van der Waals surface area contributed by atoms with Crippen molar-refractivity contribution >= 4 is 15.9 Å². The van der Waals surface area contributed by atoms with Crippen molar-refractivity contribution < 1.29 is 17.6 Å². The number of piperazine rings is 1. The second-order valence-corrected chi connectivity index (χ2v) is 7.95. The Morgan fingerprint density at radius 2 is 1.79 bits per heavy atom. The Balaban J connectivity index is 1.90. The minimum atomic E-state index is -3.61. The Bertz CT molecular complexity index is 656. The van der Waals surface area contributed by atoms with Crippen LogP contribution in [0.3, 0.4) is 0 Å². The molecule has 1 saturated heterocycles. The lowest BCUT2D eigenvalue weighted by molar-refractivity contribution is -0.123. The molecule has 0 unspecified atom stereocenters. The van der Waals surface area contributed by atoms with Crippen LogP contribution < -0.4 is 5.32 Å². The van der Waals surface area contributed by atoms with Gasteiger partial charge in [0.15, 0.2) is 0 Å². The molecule has 2 rings (SSSR count). The first-order chi connectivity index (χ1) is 11.3. The van der Waals surface area contributed by atoms with Gasteiger partial charge in [-0.05, 0) is 37.6 Å². The van der Waals surface area contributed by atoms with Crippen molar-refractivity contribution in [2.45, 2.75) is 31.2 Å². The number of rotatable bonds is 6. The normalized spacial score (nSPS) is 18.3. The topological polar surface area (TPSA) is 69.7 Å². The number of halogens is 1. The summed E-state index contributed by atoms with van der Waals surface area (Å²) < 4.78 is 39.4. The molecule has 6 nitrogen and oxygen atoms in total. The van der Waals surface area contributed by atoms with Gasteiger partial charge in [-0.2, -0.15) is 4.31 Å². The van der Waals surface area contributed by atoms with Gasteiger partial charge in [0.05, 0.1) is 11.4 Å². The van der Waals surface area contributed by atoms with Crippen LogP contribution in [0.5, 0.6) is 0 Å². The lowest BCUT2D eigenvalue weighted by Crippen LogP contribution is -2.51. The third-order valence-corrected chi connectivity index (χ3v) is 6.08. The molecule has 1 aromatic rings. The summed E-state index contributed by atoms with van der Waals surface area (Å²) in [4.78, 5) is 13.9. The van der Waals surface area contributed by atoms with E-state index in [1.165, 1.54) is 16.4 Å². The summed E-state index contributed by atoms with van der Waals surface area (Å²) in [7, 11) is -3.61. The van der Waals surface area contributed by atoms with Crippen molar-refractivity contribution in [2.24, 2.45) is 0 Å². The maximum absolute atomic E-state index is 13.0. The number of sulfonamides is 1. The molecule has 0 aromatic heterocycles. The van der Waals surface area contributed by atoms with Crippen LogP contribution in [-0.4, -0.2) is 62.3 Å². The Labute approximate surface area is 142 Å². The molecule has 1 aromatic carbocycles. The van der Waals surface area contributed by atoms with Gasteiger partial charge in [0.1, 0.15) is 5.82 Å². The van der Waals surface area contributed by atoms with Gasteiger partial charge in [-0.25, -0.2) is 12.8 Å². The third kappa shape index (κ3) is 4.75. The largest absolute Gasteiger partial charge is 0.353 e. The highest BCUT2D eigenvalue weighted by molar-refractivity contribution is 7.89. The highest BCUT2D eigenvalue weighted by Gasteiger charge is 2.29. The minimum absolute atomic E-state index is 0.0424. The molecular weight excluding hydrogens is 333 g/mol. The fourth-order valence-corrected chi connectivity index (χ4v) is 3.93. The molecule has 1 aliphatic heterocycles. The quantitative estimate of drug-likeness (QED) is 0.826. The van der Waals surface area contributed by atoms with Crippen molar-refractivity contribution in [3.05, 3.63) is 30.1 Å². The van der Waals surface area contributed by atoms with E-state index in [9.17, 15) is 17.6 Å². The molecule has 1 N–H and O–H groups in total. The predicted octanol–water partition coefficient (Wildman–Crippen LogP) is 1.05. The van der Waals surface area contributed by atoms with E-state index in [1.807, 2.05) is 18.7 Å². The number of carbonyl (C=O) groups excluding carboxylic acids is 1. The van der Waals surface area contributed by atoms with Crippen LogP contribution >= 0.6 is 0 Å². The monoisotopic (exact) mass is 357 g/mol. The number of carbonyl (C=O) groups is 1. The van der Waals surface area contributed by atoms with E-state index in [1.54, 1.807) is 0 Å². The number of hydrogen-bond acceptors (Lipinski definition) is 4. The second-order valence-electron chi connectivity index (χ2n) is 6.01. The Hall–Kier alpha value is -1.51. The molecule has 24 heavy (non-hydrogen) atoms. The van der Waals surface area contributed by atoms with E-state index < -0.39 is 15.8 Å². The number of hydrogen-bond donors (Lipinski definition) is 1. The standard InChI is InChI=1S/C16H24FN3O3S/c1-3-13(2)18-16(21)12-19-8-10-20(11-9-19)24(22,23)15-6-4-14(17)5-7-15/h4-7,13H,3,8-12H2,1-2H3,(H,18,21)/t13-/m0/s1. The van der Waals surface area contributed by atoms with Crippen LogP contribution in [-0.2, 0) is 14.8 Å². The number of nitrogens with zero attached hydrogens (tertiary/aromatic N) is 2. The Kier molecular flexibility index (Phi) is 6.31. The number of benzene rings is 1. The first-order valence-corrected chi connectivity index (χ1v) is 9.54. The van der Waals surface area contributed by atoms with Gasteiger partial charge in [-0.1, -0.05) is 6.92 Å². The maximum Gasteiger partial charge on any atom is 0.243 e. The molecule has 0 spiro atoms. The van der Waals surface area contributed by atoms with Gasteiger partial charge in [0.2, 0.25) is 15.9 Å². The molecule has 1 atom stereocenters. The molecule has 1 aliphatic rings. The fourth-order valence-electron chi connectivity index (χ4n) is 2.51. The second kappa shape index (κ2) is 8.04. The summed E-state index contributed by atoms with van der Waals surface area (Å²) in [5.41, 5.74) is 0. The zero-order chi connectivity index (χ0) is 17.7. The summed E-state index contributed by atoms with van der Waals surface area (Å²) in [6, 6.07) is 4.97. The van der Waals surface area contributed by atoms with Crippen LogP contribution in [0.4, 0.5) is 4.39 Å². The number of amides is 1. The molecule has 0 aliphatic carbocycles. The molecule has 0 bridgehead atoms. The average Bonchev–Trinajstić information content (AvgIpc) is 2.55. The first kappa shape index (κ1) is 18.8. The zero-order valence-electron chi connectivity index (χ0n) is 14.0. The highest BCUT2D eigenvalue weighted by Crippen LogP contribution is 2.17.